The summed E-state index contributed by atoms with van der Waals surface area (Å²) in [6.45, 7) is 2.17. The summed E-state index contributed by atoms with van der Waals surface area (Å²) >= 11 is 6.46. The SMILES string of the molecule is CN1CCC(Oc2ccc(-c3cn(-c4ccccc4)c4c(Cl)ncnc34)cc2)CC1. The van der Waals surface area contributed by atoms with Crippen LogP contribution in [0.25, 0.3) is 27.8 Å². The van der Waals surface area contributed by atoms with Crippen LogP contribution >= 0.6 is 11.6 Å². The van der Waals surface area contributed by atoms with Gasteiger partial charge in [0, 0.05) is 30.5 Å². The molecular weight excluding hydrogens is 396 g/mol. The number of ether oxygens (including phenoxy) is 1. The highest BCUT2D eigenvalue weighted by Gasteiger charge is 2.19. The van der Waals surface area contributed by atoms with Crippen molar-refractivity contribution in [3.8, 4) is 22.6 Å². The minimum absolute atomic E-state index is 0.290. The maximum atomic E-state index is 6.46. The van der Waals surface area contributed by atoms with Crippen LogP contribution in [-0.4, -0.2) is 45.7 Å². The summed E-state index contributed by atoms with van der Waals surface area (Å²) in [4.78, 5) is 11.1. The Hall–Kier alpha value is -2.89. The molecule has 1 aliphatic heterocycles. The number of likely N-dealkylation sites (tertiary alicyclic amines) is 1. The topological polar surface area (TPSA) is 43.2 Å². The van der Waals surface area contributed by atoms with Crippen LogP contribution in [0, 0.1) is 0 Å². The molecule has 0 aliphatic carbocycles. The summed E-state index contributed by atoms with van der Waals surface area (Å²) in [5.74, 6) is 0.910. The summed E-state index contributed by atoms with van der Waals surface area (Å²) in [6.07, 6.45) is 6.02. The van der Waals surface area contributed by atoms with Crippen LogP contribution in [0.3, 0.4) is 0 Å². The number of piperidine rings is 1. The van der Waals surface area contributed by atoms with Crippen molar-refractivity contribution in [3.63, 3.8) is 0 Å². The quantitative estimate of drug-likeness (QED) is 0.426. The van der Waals surface area contributed by atoms with Gasteiger partial charge in [-0.1, -0.05) is 41.9 Å². The molecule has 1 aliphatic rings. The van der Waals surface area contributed by atoms with Crippen LogP contribution in [-0.2, 0) is 0 Å². The average Bonchev–Trinajstić information content (AvgIpc) is 3.18. The van der Waals surface area contributed by atoms with Gasteiger partial charge >= 0.3 is 0 Å². The highest BCUT2D eigenvalue weighted by Crippen LogP contribution is 2.34. The Morgan fingerprint density at radius 3 is 2.43 bits per heavy atom. The molecule has 30 heavy (non-hydrogen) atoms. The minimum atomic E-state index is 0.290. The lowest BCUT2D eigenvalue weighted by atomic mass is 10.1. The van der Waals surface area contributed by atoms with Crippen molar-refractivity contribution >= 4 is 22.6 Å². The largest absolute Gasteiger partial charge is 0.490 e. The summed E-state index contributed by atoms with van der Waals surface area (Å²) in [6, 6.07) is 18.4. The lowest BCUT2D eigenvalue weighted by Crippen LogP contribution is -2.35. The second kappa shape index (κ2) is 8.09. The maximum absolute atomic E-state index is 6.46. The van der Waals surface area contributed by atoms with Gasteiger partial charge in [0.2, 0.25) is 0 Å². The molecule has 0 radical (unpaired) electrons. The summed E-state index contributed by atoms with van der Waals surface area (Å²) in [5, 5.41) is 0.442. The van der Waals surface area contributed by atoms with Gasteiger partial charge < -0.3 is 14.2 Å². The van der Waals surface area contributed by atoms with Gasteiger partial charge in [0.25, 0.3) is 0 Å². The highest BCUT2D eigenvalue weighted by atomic mass is 35.5. The van der Waals surface area contributed by atoms with Gasteiger partial charge in [-0.05, 0) is 49.7 Å². The molecular formula is C24H23ClN4O. The predicted molar refractivity (Wildman–Crippen MR) is 120 cm³/mol. The Morgan fingerprint density at radius 1 is 0.967 bits per heavy atom. The zero-order valence-electron chi connectivity index (χ0n) is 16.8. The molecule has 1 fully saturated rings. The fourth-order valence-corrected chi connectivity index (χ4v) is 4.26. The third-order valence-electron chi connectivity index (χ3n) is 5.70. The van der Waals surface area contributed by atoms with Crippen LogP contribution in [0.15, 0.2) is 67.1 Å². The van der Waals surface area contributed by atoms with E-state index in [2.05, 4.69) is 44.8 Å². The normalized spacial score (nSPS) is 15.5. The standard InChI is InChI=1S/C24H23ClN4O/c1-28-13-11-20(12-14-28)30-19-9-7-17(8-10-19)21-15-29(18-5-3-2-4-6-18)23-22(21)26-16-27-24(23)25/h2-10,15-16,20H,11-14H2,1H3. The Kier molecular flexibility index (Phi) is 5.15. The van der Waals surface area contributed by atoms with Gasteiger partial charge in [-0.2, -0.15) is 0 Å². The fraction of sp³-hybridized carbons (Fsp3) is 0.250. The van der Waals surface area contributed by atoms with Gasteiger partial charge in [-0.25, -0.2) is 9.97 Å². The van der Waals surface area contributed by atoms with E-state index in [0.29, 0.717) is 11.3 Å². The van der Waals surface area contributed by atoms with Crippen molar-refractivity contribution in [2.45, 2.75) is 18.9 Å². The molecule has 0 N–H and O–H groups in total. The van der Waals surface area contributed by atoms with Crippen molar-refractivity contribution in [1.82, 2.24) is 19.4 Å². The average molecular weight is 419 g/mol. The number of halogens is 1. The molecule has 3 heterocycles. The van der Waals surface area contributed by atoms with Gasteiger partial charge in [-0.15, -0.1) is 0 Å². The molecule has 4 aromatic rings. The van der Waals surface area contributed by atoms with Gasteiger partial charge in [0.15, 0.2) is 5.15 Å². The zero-order chi connectivity index (χ0) is 20.5. The lowest BCUT2D eigenvalue weighted by Gasteiger charge is -2.29. The van der Waals surface area contributed by atoms with E-state index in [9.17, 15) is 0 Å². The Balaban J connectivity index is 1.48. The molecule has 0 atom stereocenters. The summed E-state index contributed by atoms with van der Waals surface area (Å²) in [7, 11) is 2.16. The molecule has 2 aromatic heterocycles. The van der Waals surface area contributed by atoms with E-state index in [1.54, 1.807) is 0 Å². The molecule has 152 valence electrons. The first kappa shape index (κ1) is 19.1. The van der Waals surface area contributed by atoms with Crippen molar-refractivity contribution in [3.05, 3.63) is 72.3 Å². The van der Waals surface area contributed by atoms with Crippen LogP contribution in [0.4, 0.5) is 0 Å². The molecule has 6 heteroatoms. The summed E-state index contributed by atoms with van der Waals surface area (Å²) in [5.41, 5.74) is 4.76. The number of fused-ring (bicyclic) bond motifs is 1. The van der Waals surface area contributed by atoms with Crippen molar-refractivity contribution < 1.29 is 4.74 Å². The second-order valence-corrected chi connectivity index (χ2v) is 8.11. The molecule has 2 aromatic carbocycles. The second-order valence-electron chi connectivity index (χ2n) is 7.75. The minimum Gasteiger partial charge on any atom is -0.490 e. The smallest absolute Gasteiger partial charge is 0.157 e. The van der Waals surface area contributed by atoms with Crippen LogP contribution in [0.2, 0.25) is 5.15 Å². The molecule has 0 saturated carbocycles. The van der Waals surface area contributed by atoms with Crippen LogP contribution in [0.1, 0.15) is 12.8 Å². The first-order valence-electron chi connectivity index (χ1n) is 10.2. The number of para-hydroxylation sites is 1. The van der Waals surface area contributed by atoms with Gasteiger partial charge in [0.05, 0.1) is 0 Å². The Labute approximate surface area is 180 Å². The van der Waals surface area contributed by atoms with E-state index < -0.39 is 0 Å². The fourth-order valence-electron chi connectivity index (χ4n) is 4.03. The van der Waals surface area contributed by atoms with E-state index in [1.807, 2.05) is 42.5 Å². The van der Waals surface area contributed by atoms with Crippen molar-refractivity contribution in [1.29, 1.82) is 0 Å². The molecule has 0 unspecified atom stereocenters. The number of hydrogen-bond acceptors (Lipinski definition) is 4. The first-order chi connectivity index (χ1) is 14.7. The lowest BCUT2D eigenvalue weighted by molar-refractivity contribution is 0.114. The number of aromatic nitrogens is 3. The molecule has 0 bridgehead atoms. The van der Waals surface area contributed by atoms with E-state index in [-0.39, 0.29) is 0 Å². The third kappa shape index (κ3) is 3.66. The monoisotopic (exact) mass is 418 g/mol. The number of benzene rings is 2. The zero-order valence-corrected chi connectivity index (χ0v) is 17.6. The van der Waals surface area contributed by atoms with E-state index in [4.69, 9.17) is 16.3 Å². The molecule has 1 saturated heterocycles. The van der Waals surface area contributed by atoms with Crippen molar-refractivity contribution in [2.24, 2.45) is 0 Å². The Morgan fingerprint density at radius 2 is 1.70 bits per heavy atom. The molecule has 0 amide bonds. The van der Waals surface area contributed by atoms with Gasteiger partial charge in [0.1, 0.15) is 29.2 Å². The molecule has 5 rings (SSSR count). The number of hydrogen-bond donors (Lipinski definition) is 0. The molecule has 5 nitrogen and oxygen atoms in total. The van der Waals surface area contributed by atoms with Gasteiger partial charge in [-0.3, -0.25) is 0 Å². The van der Waals surface area contributed by atoms with E-state index in [0.717, 1.165) is 59.5 Å². The highest BCUT2D eigenvalue weighted by molar-refractivity contribution is 6.34. The maximum Gasteiger partial charge on any atom is 0.157 e. The Bertz CT molecular complexity index is 1150. The molecule has 0 spiro atoms. The first-order valence-corrected chi connectivity index (χ1v) is 10.6. The van der Waals surface area contributed by atoms with E-state index in [1.165, 1.54) is 6.33 Å². The van der Waals surface area contributed by atoms with Crippen molar-refractivity contribution in [2.75, 3.05) is 20.1 Å². The van der Waals surface area contributed by atoms with E-state index >= 15 is 0 Å². The van der Waals surface area contributed by atoms with Crippen LogP contribution < -0.4 is 4.74 Å². The third-order valence-corrected chi connectivity index (χ3v) is 5.98. The number of rotatable bonds is 4. The number of nitrogens with zero attached hydrogens (tertiary/aromatic N) is 4. The van der Waals surface area contributed by atoms with Crippen LogP contribution in [0.5, 0.6) is 5.75 Å². The predicted octanol–water partition coefficient (Wildman–Crippen LogP) is 5.21. The summed E-state index contributed by atoms with van der Waals surface area (Å²) < 4.78 is 8.25.